The van der Waals surface area contributed by atoms with Crippen LogP contribution in [0.15, 0.2) is 42.6 Å². The zero-order chi connectivity index (χ0) is 20.7. The van der Waals surface area contributed by atoms with Gasteiger partial charge in [0.1, 0.15) is 5.75 Å². The van der Waals surface area contributed by atoms with E-state index in [2.05, 4.69) is 54.2 Å². The van der Waals surface area contributed by atoms with Crippen molar-refractivity contribution in [3.05, 3.63) is 64.3 Å². The first kappa shape index (κ1) is 20.0. The molecule has 1 unspecified atom stereocenters. The van der Waals surface area contributed by atoms with E-state index in [1.165, 1.54) is 61.8 Å². The Morgan fingerprint density at radius 2 is 1.90 bits per heavy atom. The Hall–Kier alpha value is -1.97. The van der Waals surface area contributed by atoms with Crippen LogP contribution in [0.5, 0.6) is 5.75 Å². The molecule has 0 amide bonds. The molecular weight excluding hydrogens is 392 g/mol. The maximum absolute atomic E-state index is 6.15. The molecular formula is C26H31ClN2O. The highest BCUT2D eigenvalue weighted by Crippen LogP contribution is 2.38. The van der Waals surface area contributed by atoms with E-state index in [1.54, 1.807) is 5.56 Å². The highest BCUT2D eigenvalue weighted by Gasteiger charge is 2.28. The average molecular weight is 423 g/mol. The standard InChI is InChI=1S/C26H31ClN2O/c1-17(2)30-22-6-8-23-19(13-22)3-4-20(23)16-29-11-9-18(10-12-29)25-15-28-26-14-21(27)5-7-24(25)26/h5-8,13-15,17-18,20,28H,3-4,9-12,16H2,1-2H3. The van der Waals surface area contributed by atoms with E-state index in [1.807, 2.05) is 12.1 Å². The Morgan fingerprint density at radius 3 is 2.70 bits per heavy atom. The first-order chi connectivity index (χ1) is 14.6. The van der Waals surface area contributed by atoms with Gasteiger partial charge in [-0.05, 0) is 105 Å². The molecule has 2 aliphatic rings. The minimum atomic E-state index is 0.232. The quantitative estimate of drug-likeness (QED) is 0.507. The van der Waals surface area contributed by atoms with Gasteiger partial charge in [0.15, 0.2) is 0 Å². The van der Waals surface area contributed by atoms with Crippen LogP contribution < -0.4 is 4.74 Å². The van der Waals surface area contributed by atoms with Crippen LogP contribution in [0.2, 0.25) is 5.02 Å². The van der Waals surface area contributed by atoms with Crippen molar-refractivity contribution in [1.29, 1.82) is 0 Å². The van der Waals surface area contributed by atoms with Crippen molar-refractivity contribution >= 4 is 22.5 Å². The average Bonchev–Trinajstić information content (AvgIpc) is 3.32. The van der Waals surface area contributed by atoms with Crippen molar-refractivity contribution in [2.45, 2.75) is 57.5 Å². The number of H-pyrrole nitrogens is 1. The lowest BCUT2D eigenvalue weighted by Gasteiger charge is -2.33. The number of benzene rings is 2. The van der Waals surface area contributed by atoms with Gasteiger partial charge in [0.25, 0.3) is 0 Å². The summed E-state index contributed by atoms with van der Waals surface area (Å²) in [6.07, 6.45) is 7.35. The van der Waals surface area contributed by atoms with E-state index in [0.717, 1.165) is 16.3 Å². The van der Waals surface area contributed by atoms with Crippen molar-refractivity contribution in [1.82, 2.24) is 9.88 Å². The van der Waals surface area contributed by atoms with Crippen molar-refractivity contribution in [3.63, 3.8) is 0 Å². The van der Waals surface area contributed by atoms with Crippen LogP contribution >= 0.6 is 11.6 Å². The van der Waals surface area contributed by atoms with Crippen molar-refractivity contribution in [2.75, 3.05) is 19.6 Å². The normalized spacial score (nSPS) is 20.2. The third-order valence-electron chi connectivity index (χ3n) is 6.87. The molecule has 158 valence electrons. The fourth-order valence-corrected chi connectivity index (χ4v) is 5.59. The topological polar surface area (TPSA) is 28.3 Å². The summed E-state index contributed by atoms with van der Waals surface area (Å²) >= 11 is 6.15. The summed E-state index contributed by atoms with van der Waals surface area (Å²) in [6, 6.07) is 12.9. The molecule has 2 heterocycles. The summed E-state index contributed by atoms with van der Waals surface area (Å²) in [7, 11) is 0. The molecule has 1 saturated heterocycles. The number of aromatic amines is 1. The number of aromatic nitrogens is 1. The van der Waals surface area contributed by atoms with Crippen LogP contribution in [0.4, 0.5) is 0 Å². The van der Waals surface area contributed by atoms with Crippen molar-refractivity contribution in [3.8, 4) is 5.75 Å². The molecule has 30 heavy (non-hydrogen) atoms. The van der Waals surface area contributed by atoms with Crippen molar-refractivity contribution < 1.29 is 4.74 Å². The SMILES string of the molecule is CC(C)Oc1ccc2c(c1)CCC2CN1CCC(c2c[nH]c3cc(Cl)ccc23)CC1. The summed E-state index contributed by atoms with van der Waals surface area (Å²) in [5.41, 5.74) is 5.65. The first-order valence-electron chi connectivity index (χ1n) is 11.3. The van der Waals surface area contributed by atoms with Gasteiger partial charge in [-0.1, -0.05) is 23.7 Å². The molecule has 3 nitrogen and oxygen atoms in total. The molecule has 0 spiro atoms. The van der Waals surface area contributed by atoms with Crippen LogP contribution in [-0.2, 0) is 6.42 Å². The van der Waals surface area contributed by atoms with Gasteiger partial charge in [-0.2, -0.15) is 0 Å². The third kappa shape index (κ3) is 3.98. The number of hydrogen-bond acceptors (Lipinski definition) is 2. The number of ether oxygens (including phenoxy) is 1. The van der Waals surface area contributed by atoms with Crippen LogP contribution in [0, 0.1) is 0 Å². The summed E-state index contributed by atoms with van der Waals surface area (Å²) in [6.45, 7) is 7.74. The molecule has 1 aliphatic carbocycles. The number of fused-ring (bicyclic) bond motifs is 2. The van der Waals surface area contributed by atoms with Crippen molar-refractivity contribution in [2.24, 2.45) is 0 Å². The number of piperidine rings is 1. The monoisotopic (exact) mass is 422 g/mol. The number of nitrogens with zero attached hydrogens (tertiary/aromatic N) is 1. The minimum Gasteiger partial charge on any atom is -0.491 e. The smallest absolute Gasteiger partial charge is 0.119 e. The van der Waals surface area contributed by atoms with Crippen LogP contribution in [0.1, 0.15) is 61.6 Å². The number of aryl methyl sites for hydroxylation is 1. The number of nitrogens with one attached hydrogen (secondary N) is 1. The van der Waals surface area contributed by atoms with E-state index in [4.69, 9.17) is 16.3 Å². The number of rotatable bonds is 5. The van der Waals surface area contributed by atoms with E-state index >= 15 is 0 Å². The highest BCUT2D eigenvalue weighted by atomic mass is 35.5. The zero-order valence-corrected chi connectivity index (χ0v) is 18.7. The number of likely N-dealkylation sites (tertiary alicyclic amines) is 1. The second-order valence-corrected chi connectivity index (χ2v) is 9.71. The van der Waals surface area contributed by atoms with Gasteiger partial charge in [0, 0.05) is 28.7 Å². The predicted molar refractivity (Wildman–Crippen MR) is 125 cm³/mol. The van der Waals surface area contributed by atoms with Crippen LogP contribution in [-0.4, -0.2) is 35.6 Å². The van der Waals surface area contributed by atoms with Crippen LogP contribution in [0.3, 0.4) is 0 Å². The molecule has 0 bridgehead atoms. The van der Waals surface area contributed by atoms with E-state index in [0.29, 0.717) is 11.8 Å². The Labute approximate surface area is 184 Å². The van der Waals surface area contributed by atoms with Gasteiger partial charge in [0.2, 0.25) is 0 Å². The molecule has 1 atom stereocenters. The van der Waals surface area contributed by atoms with Gasteiger partial charge >= 0.3 is 0 Å². The summed E-state index contributed by atoms with van der Waals surface area (Å²) in [5, 5.41) is 2.13. The summed E-state index contributed by atoms with van der Waals surface area (Å²) in [5.74, 6) is 2.33. The molecule has 1 aliphatic heterocycles. The Balaban J connectivity index is 1.21. The molecule has 0 saturated carbocycles. The van der Waals surface area contributed by atoms with Gasteiger partial charge in [-0.25, -0.2) is 0 Å². The second kappa shape index (κ2) is 8.28. The number of halogens is 1. The summed E-state index contributed by atoms with van der Waals surface area (Å²) in [4.78, 5) is 6.10. The fraction of sp³-hybridized carbons (Fsp3) is 0.462. The maximum Gasteiger partial charge on any atom is 0.119 e. The fourth-order valence-electron chi connectivity index (χ4n) is 5.41. The molecule has 0 radical (unpaired) electrons. The Bertz CT molecular complexity index is 1030. The predicted octanol–water partition coefficient (Wildman–Crippen LogP) is 6.52. The Kier molecular flexibility index (Phi) is 5.51. The molecule has 4 heteroatoms. The molecule has 1 N–H and O–H groups in total. The van der Waals surface area contributed by atoms with Crippen LogP contribution in [0.25, 0.3) is 10.9 Å². The van der Waals surface area contributed by atoms with Gasteiger partial charge in [-0.15, -0.1) is 0 Å². The second-order valence-electron chi connectivity index (χ2n) is 9.27. The van der Waals surface area contributed by atoms with E-state index < -0.39 is 0 Å². The van der Waals surface area contributed by atoms with Gasteiger partial charge in [0.05, 0.1) is 6.10 Å². The number of hydrogen-bond donors (Lipinski definition) is 1. The lowest BCUT2D eigenvalue weighted by Crippen LogP contribution is -2.35. The molecule has 5 rings (SSSR count). The van der Waals surface area contributed by atoms with Gasteiger partial charge < -0.3 is 14.6 Å². The lowest BCUT2D eigenvalue weighted by molar-refractivity contribution is 0.200. The van der Waals surface area contributed by atoms with E-state index in [-0.39, 0.29) is 6.10 Å². The molecule has 2 aromatic carbocycles. The Morgan fingerprint density at radius 1 is 1.07 bits per heavy atom. The zero-order valence-electron chi connectivity index (χ0n) is 18.0. The molecule has 1 fully saturated rings. The maximum atomic E-state index is 6.15. The first-order valence-corrected chi connectivity index (χ1v) is 11.7. The minimum absolute atomic E-state index is 0.232. The highest BCUT2D eigenvalue weighted by molar-refractivity contribution is 6.31. The largest absolute Gasteiger partial charge is 0.491 e. The van der Waals surface area contributed by atoms with E-state index in [9.17, 15) is 0 Å². The molecule has 3 aromatic rings. The van der Waals surface area contributed by atoms with Gasteiger partial charge in [-0.3, -0.25) is 0 Å². The molecule has 1 aromatic heterocycles. The lowest BCUT2D eigenvalue weighted by atomic mass is 9.88. The third-order valence-corrected chi connectivity index (χ3v) is 7.11. The summed E-state index contributed by atoms with van der Waals surface area (Å²) < 4.78 is 5.89.